The highest BCUT2D eigenvalue weighted by Gasteiger charge is 2.36. The first kappa shape index (κ1) is 30.4. The van der Waals surface area contributed by atoms with Gasteiger partial charge in [0.25, 0.3) is 11.8 Å². The number of alkyl halides is 8. The number of hydrogen-bond donors (Lipinski definition) is 2. The zero-order valence-corrected chi connectivity index (χ0v) is 21.6. The third-order valence-corrected chi connectivity index (χ3v) is 6.62. The van der Waals surface area contributed by atoms with Crippen LogP contribution in [0.4, 0.5) is 35.1 Å². The van der Waals surface area contributed by atoms with Crippen molar-refractivity contribution in [3.05, 3.63) is 59.7 Å². The van der Waals surface area contributed by atoms with Gasteiger partial charge in [-0.3, -0.25) is 14.8 Å². The molecule has 41 heavy (non-hydrogen) atoms. The Balaban J connectivity index is 1.58. The van der Waals surface area contributed by atoms with E-state index in [0.29, 0.717) is 18.8 Å². The molecular weight excluding hydrogens is 566 g/mol. The summed E-state index contributed by atoms with van der Waals surface area (Å²) < 4.78 is 109. The van der Waals surface area contributed by atoms with Crippen molar-refractivity contribution in [3.8, 4) is 5.69 Å². The number of H-pyrrole nitrogens is 1. The molecule has 16 heteroatoms. The van der Waals surface area contributed by atoms with Crippen LogP contribution in [0.25, 0.3) is 5.69 Å². The molecule has 2 aromatic heterocycles. The molecule has 8 nitrogen and oxygen atoms in total. The quantitative estimate of drug-likeness (QED) is 0.324. The van der Waals surface area contributed by atoms with E-state index >= 15 is 0 Å². The summed E-state index contributed by atoms with van der Waals surface area (Å²) in [6.07, 6.45) is -8.94. The Morgan fingerprint density at radius 3 is 2.56 bits per heavy atom. The van der Waals surface area contributed by atoms with Gasteiger partial charge >= 0.3 is 12.4 Å². The second kappa shape index (κ2) is 12.1. The molecule has 2 N–H and O–H groups in total. The molecule has 1 amide bonds. The molecule has 3 heterocycles. The van der Waals surface area contributed by atoms with Gasteiger partial charge in [0.05, 0.1) is 24.2 Å². The van der Waals surface area contributed by atoms with Crippen LogP contribution in [0.2, 0.25) is 0 Å². The van der Waals surface area contributed by atoms with E-state index in [4.69, 9.17) is 0 Å². The van der Waals surface area contributed by atoms with E-state index in [1.54, 1.807) is 4.90 Å². The number of amides is 1. The number of nitrogens with one attached hydrogen (secondary N) is 2. The van der Waals surface area contributed by atoms with Crippen LogP contribution in [0, 0.1) is 0 Å². The number of imidazole rings is 1. The summed E-state index contributed by atoms with van der Waals surface area (Å²) in [5.41, 5.74) is -1.99. The monoisotopic (exact) mass is 593 g/mol. The number of halogens is 8. The number of benzene rings is 1. The average Bonchev–Trinajstić information content (AvgIpc) is 3.55. The van der Waals surface area contributed by atoms with Gasteiger partial charge in [0.1, 0.15) is 23.7 Å². The highest BCUT2D eigenvalue weighted by atomic mass is 19.4. The molecule has 0 radical (unpaired) electrons. The van der Waals surface area contributed by atoms with Gasteiger partial charge < -0.3 is 9.88 Å². The molecule has 1 fully saturated rings. The van der Waals surface area contributed by atoms with Crippen LogP contribution in [0.5, 0.6) is 0 Å². The molecule has 1 aromatic carbocycles. The number of rotatable bonds is 10. The number of hydrogen-bond acceptors (Lipinski definition) is 5. The average molecular weight is 594 g/mol. The normalized spacial score (nSPS) is 17.0. The summed E-state index contributed by atoms with van der Waals surface area (Å²) in [5, 5.41) is 9.06. The number of aryl methyl sites for hydroxylation is 1. The van der Waals surface area contributed by atoms with Crippen LogP contribution < -0.4 is 5.32 Å². The number of carbonyl (C=O) groups is 1. The van der Waals surface area contributed by atoms with E-state index in [2.05, 4.69) is 25.5 Å². The summed E-state index contributed by atoms with van der Waals surface area (Å²) in [6.45, 7) is 0.227. The first-order valence-electron chi connectivity index (χ1n) is 12.8. The third-order valence-electron chi connectivity index (χ3n) is 6.62. The summed E-state index contributed by atoms with van der Waals surface area (Å²) in [4.78, 5) is 22.8. The molecule has 1 aliphatic heterocycles. The smallest absolute Gasteiger partial charge is 0.347 e. The highest BCUT2D eigenvalue weighted by Crippen LogP contribution is 2.35. The Morgan fingerprint density at radius 1 is 1.15 bits per heavy atom. The zero-order chi connectivity index (χ0) is 29.8. The number of piperidine rings is 1. The van der Waals surface area contributed by atoms with Crippen LogP contribution in [-0.4, -0.2) is 73.3 Å². The van der Waals surface area contributed by atoms with E-state index in [0.717, 1.165) is 29.0 Å². The predicted molar refractivity (Wildman–Crippen MR) is 130 cm³/mol. The van der Waals surface area contributed by atoms with Crippen LogP contribution in [0.15, 0.2) is 36.8 Å². The van der Waals surface area contributed by atoms with E-state index < -0.39 is 66.6 Å². The number of carbonyl (C=O) groups excluding carboxylic acids is 1. The molecule has 1 aliphatic rings. The second-order valence-electron chi connectivity index (χ2n) is 9.87. The van der Waals surface area contributed by atoms with E-state index in [1.165, 1.54) is 12.4 Å². The first-order valence-corrected chi connectivity index (χ1v) is 12.8. The Hall–Kier alpha value is -3.56. The van der Waals surface area contributed by atoms with Gasteiger partial charge in [0, 0.05) is 38.0 Å². The number of aromatic amines is 1. The van der Waals surface area contributed by atoms with Gasteiger partial charge in [-0.05, 0) is 31.5 Å². The molecule has 3 aromatic rings. The van der Waals surface area contributed by atoms with Crippen molar-refractivity contribution in [1.82, 2.24) is 34.9 Å². The summed E-state index contributed by atoms with van der Waals surface area (Å²) in [5.74, 6) is -3.68. The highest BCUT2D eigenvalue weighted by molar-refractivity contribution is 5.92. The molecular formula is C25H27F8N7O. The maximum atomic E-state index is 13.8. The van der Waals surface area contributed by atoms with Crippen LogP contribution in [0.3, 0.4) is 0 Å². The summed E-state index contributed by atoms with van der Waals surface area (Å²) in [6, 6.07) is 3.59. The lowest BCUT2D eigenvalue weighted by Crippen LogP contribution is -2.45. The Morgan fingerprint density at radius 2 is 1.90 bits per heavy atom. The fourth-order valence-corrected chi connectivity index (χ4v) is 4.71. The van der Waals surface area contributed by atoms with Gasteiger partial charge in [-0.25, -0.2) is 18.7 Å². The maximum absolute atomic E-state index is 13.8. The number of aromatic nitrogens is 5. The SMILES string of the molecule is O=C(N[C@@H](CCN1CCCC(F)(F)C1)Cc1ncn[nH]1)c1cn(-c2ccccc2C(F)(F)F)c(CCC(F)(F)F)n1. The van der Waals surface area contributed by atoms with Crippen molar-refractivity contribution in [1.29, 1.82) is 0 Å². The first-order chi connectivity index (χ1) is 19.2. The molecule has 0 spiro atoms. The molecule has 0 bridgehead atoms. The lowest BCUT2D eigenvalue weighted by molar-refractivity contribution is -0.138. The van der Waals surface area contributed by atoms with Crippen molar-refractivity contribution in [2.24, 2.45) is 0 Å². The van der Waals surface area contributed by atoms with E-state index in [1.807, 2.05) is 0 Å². The fraction of sp³-hybridized carbons (Fsp3) is 0.520. The number of likely N-dealkylation sites (tertiary alicyclic amines) is 1. The maximum Gasteiger partial charge on any atom is 0.418 e. The van der Waals surface area contributed by atoms with Crippen LogP contribution >= 0.6 is 0 Å². The van der Waals surface area contributed by atoms with Crippen molar-refractivity contribution in [2.75, 3.05) is 19.6 Å². The van der Waals surface area contributed by atoms with Crippen LogP contribution in [0.1, 0.15) is 53.4 Å². The van der Waals surface area contributed by atoms with Crippen molar-refractivity contribution >= 4 is 5.91 Å². The third kappa shape index (κ3) is 8.47. The van der Waals surface area contributed by atoms with Gasteiger partial charge in [-0.15, -0.1) is 0 Å². The van der Waals surface area contributed by atoms with Crippen molar-refractivity contribution in [3.63, 3.8) is 0 Å². The standard InChI is InChI=1S/C25H27F8N7O/c26-23(27)8-3-10-39(14-23)11-7-16(12-20-34-15-35-38-20)36-22(41)18-13-40(21(37-18)6-9-24(28,29)30)19-5-2-1-4-17(19)25(31,32)33/h1-2,4-5,13,15-16H,3,6-12,14H2,(H,36,41)(H,34,35,38)/t16-/m0/s1. The minimum absolute atomic E-state index is 0.120. The molecule has 4 rings (SSSR count). The van der Waals surface area contributed by atoms with Crippen molar-refractivity contribution in [2.45, 2.75) is 62.8 Å². The molecule has 1 atom stereocenters. The van der Waals surface area contributed by atoms with Gasteiger partial charge in [0.15, 0.2) is 0 Å². The molecule has 0 aliphatic carbocycles. The molecule has 224 valence electrons. The lowest BCUT2D eigenvalue weighted by atomic mass is 10.0. The Bertz CT molecular complexity index is 1300. The Kier molecular flexibility index (Phi) is 8.99. The fourth-order valence-electron chi connectivity index (χ4n) is 4.71. The minimum Gasteiger partial charge on any atom is -0.347 e. The molecule has 1 saturated heterocycles. The number of para-hydroxylation sites is 1. The largest absolute Gasteiger partial charge is 0.418 e. The minimum atomic E-state index is -4.82. The summed E-state index contributed by atoms with van der Waals surface area (Å²) >= 11 is 0. The second-order valence-corrected chi connectivity index (χ2v) is 9.87. The molecule has 0 unspecified atom stereocenters. The van der Waals surface area contributed by atoms with E-state index in [9.17, 15) is 39.9 Å². The predicted octanol–water partition coefficient (Wildman–Crippen LogP) is 4.97. The van der Waals surface area contributed by atoms with E-state index in [-0.39, 0.29) is 31.6 Å². The number of nitrogens with zero attached hydrogens (tertiary/aromatic N) is 5. The Labute approximate surface area is 229 Å². The van der Waals surface area contributed by atoms with Gasteiger partial charge in [0.2, 0.25) is 0 Å². The zero-order valence-electron chi connectivity index (χ0n) is 21.6. The lowest BCUT2D eigenvalue weighted by Gasteiger charge is -2.33. The summed E-state index contributed by atoms with van der Waals surface area (Å²) in [7, 11) is 0. The molecule has 0 saturated carbocycles. The van der Waals surface area contributed by atoms with Gasteiger partial charge in [-0.1, -0.05) is 12.1 Å². The van der Waals surface area contributed by atoms with Crippen LogP contribution in [-0.2, 0) is 19.0 Å². The van der Waals surface area contributed by atoms with Gasteiger partial charge in [-0.2, -0.15) is 31.4 Å². The topological polar surface area (TPSA) is 91.7 Å². The van der Waals surface area contributed by atoms with Crippen molar-refractivity contribution < 1.29 is 39.9 Å².